The molecule has 2 rings (SSSR count). The first kappa shape index (κ1) is 14.0. The van der Waals surface area contributed by atoms with Crippen molar-refractivity contribution in [2.45, 2.75) is 11.4 Å². The first-order chi connectivity index (χ1) is 9.42. The number of nitrogens with one attached hydrogen (secondary N) is 1. The fraction of sp³-hybridized carbons (Fsp3) is 0.167. The third kappa shape index (κ3) is 2.96. The number of benzene rings is 1. The molecule has 0 atom stereocenters. The zero-order chi connectivity index (χ0) is 14.8. The zero-order valence-corrected chi connectivity index (χ0v) is 11.6. The molecule has 2 aromatic rings. The predicted octanol–water partition coefficient (Wildman–Crippen LogP) is 0.352. The van der Waals surface area contributed by atoms with Crippen molar-refractivity contribution in [2.75, 3.05) is 5.73 Å². The smallest absolute Gasteiger partial charge is 0.242 e. The van der Waals surface area contributed by atoms with Gasteiger partial charge in [0.05, 0.1) is 16.7 Å². The van der Waals surface area contributed by atoms with Crippen LogP contribution >= 0.6 is 0 Å². The van der Waals surface area contributed by atoms with Gasteiger partial charge in [-0.05, 0) is 18.2 Å². The molecule has 7 nitrogen and oxygen atoms in total. The van der Waals surface area contributed by atoms with Gasteiger partial charge in [0.1, 0.15) is 6.07 Å². The Balaban J connectivity index is 2.25. The summed E-state index contributed by atoms with van der Waals surface area (Å²) in [7, 11) is -2.03. The molecule has 0 aliphatic rings. The molecule has 1 aromatic carbocycles. The Morgan fingerprint density at radius 3 is 2.85 bits per heavy atom. The van der Waals surface area contributed by atoms with Gasteiger partial charge in [0.15, 0.2) is 0 Å². The highest BCUT2D eigenvalue weighted by molar-refractivity contribution is 7.89. The largest absolute Gasteiger partial charge is 0.399 e. The lowest BCUT2D eigenvalue weighted by molar-refractivity contribution is 0.581. The van der Waals surface area contributed by atoms with Crippen molar-refractivity contribution in [3.63, 3.8) is 0 Å². The Bertz CT molecular complexity index is 773. The summed E-state index contributed by atoms with van der Waals surface area (Å²) < 4.78 is 28.3. The van der Waals surface area contributed by atoms with E-state index in [0.29, 0.717) is 5.69 Å². The van der Waals surface area contributed by atoms with Crippen molar-refractivity contribution in [3.05, 3.63) is 41.7 Å². The second-order valence-electron chi connectivity index (χ2n) is 4.21. The van der Waals surface area contributed by atoms with Crippen LogP contribution in [0.15, 0.2) is 35.5 Å². The number of nitrogens with zero attached hydrogens (tertiary/aromatic N) is 3. The van der Waals surface area contributed by atoms with E-state index in [1.54, 1.807) is 24.1 Å². The number of nitrogen functional groups attached to an aromatic ring is 1. The van der Waals surface area contributed by atoms with Crippen molar-refractivity contribution >= 4 is 15.7 Å². The lowest BCUT2D eigenvalue weighted by atomic mass is 10.2. The minimum Gasteiger partial charge on any atom is -0.399 e. The Kier molecular flexibility index (Phi) is 3.74. The van der Waals surface area contributed by atoms with Crippen LogP contribution in [0.3, 0.4) is 0 Å². The van der Waals surface area contributed by atoms with Crippen LogP contribution in [0.5, 0.6) is 0 Å². The number of aromatic nitrogens is 2. The van der Waals surface area contributed by atoms with Crippen LogP contribution in [0.1, 0.15) is 11.1 Å². The minimum atomic E-state index is -3.77. The van der Waals surface area contributed by atoms with Gasteiger partial charge < -0.3 is 5.73 Å². The third-order valence-corrected chi connectivity index (χ3v) is 4.10. The van der Waals surface area contributed by atoms with Gasteiger partial charge in [-0.15, -0.1) is 0 Å². The molecule has 0 bridgehead atoms. The molecule has 1 aromatic heterocycles. The van der Waals surface area contributed by atoms with Crippen molar-refractivity contribution in [1.82, 2.24) is 14.5 Å². The van der Waals surface area contributed by atoms with E-state index < -0.39 is 10.0 Å². The summed E-state index contributed by atoms with van der Waals surface area (Å²) in [6.45, 7) is 0.103. The minimum absolute atomic E-state index is 0.0173. The molecule has 20 heavy (non-hydrogen) atoms. The summed E-state index contributed by atoms with van der Waals surface area (Å²) in [6.07, 6.45) is 3.27. The molecule has 8 heteroatoms. The van der Waals surface area contributed by atoms with E-state index >= 15 is 0 Å². The molecule has 0 radical (unpaired) electrons. The Morgan fingerprint density at radius 2 is 2.25 bits per heavy atom. The van der Waals surface area contributed by atoms with Gasteiger partial charge in [0.25, 0.3) is 0 Å². The molecule has 0 saturated carbocycles. The van der Waals surface area contributed by atoms with Gasteiger partial charge in [0, 0.05) is 31.0 Å². The quantitative estimate of drug-likeness (QED) is 0.789. The highest BCUT2D eigenvalue weighted by Crippen LogP contribution is 2.18. The maximum atomic E-state index is 12.2. The van der Waals surface area contributed by atoms with E-state index in [-0.39, 0.29) is 17.0 Å². The van der Waals surface area contributed by atoms with Crippen molar-refractivity contribution in [3.8, 4) is 6.07 Å². The molecule has 1 heterocycles. The lowest BCUT2D eigenvalue weighted by Gasteiger charge is -2.07. The van der Waals surface area contributed by atoms with E-state index in [2.05, 4.69) is 9.82 Å². The second-order valence-corrected chi connectivity index (χ2v) is 5.95. The molecule has 0 aliphatic carbocycles. The number of aryl methyl sites for hydroxylation is 1. The number of hydrogen-bond donors (Lipinski definition) is 2. The topological polar surface area (TPSA) is 114 Å². The van der Waals surface area contributed by atoms with E-state index in [9.17, 15) is 8.42 Å². The lowest BCUT2D eigenvalue weighted by Crippen LogP contribution is -2.24. The van der Waals surface area contributed by atoms with Gasteiger partial charge in [-0.25, -0.2) is 13.1 Å². The first-order valence-electron chi connectivity index (χ1n) is 5.69. The standard InChI is InChI=1S/C12H13N5O2S/c1-17-8-9(6-15-17)7-16-20(18,19)12-3-2-11(14)4-10(12)5-13/h2-4,6,8,16H,7,14H2,1H3. The summed E-state index contributed by atoms with van der Waals surface area (Å²) in [6, 6.07) is 5.92. The Labute approximate surface area is 116 Å². The summed E-state index contributed by atoms with van der Waals surface area (Å²) in [5.41, 5.74) is 6.62. The molecule has 0 amide bonds. The molecule has 0 saturated heterocycles. The molecule has 0 spiro atoms. The Morgan fingerprint density at radius 1 is 1.50 bits per heavy atom. The van der Waals surface area contributed by atoms with E-state index in [0.717, 1.165) is 5.56 Å². The molecular weight excluding hydrogens is 278 g/mol. The SMILES string of the molecule is Cn1cc(CNS(=O)(=O)c2ccc(N)cc2C#N)cn1. The molecule has 3 N–H and O–H groups in total. The van der Waals surface area contributed by atoms with Gasteiger partial charge in [-0.3, -0.25) is 4.68 Å². The highest BCUT2D eigenvalue weighted by Gasteiger charge is 2.18. The molecule has 0 fully saturated rings. The van der Waals surface area contributed by atoms with Crippen molar-refractivity contribution in [2.24, 2.45) is 7.05 Å². The third-order valence-electron chi connectivity index (χ3n) is 2.64. The highest BCUT2D eigenvalue weighted by atomic mass is 32.2. The zero-order valence-electron chi connectivity index (χ0n) is 10.7. The van der Waals surface area contributed by atoms with Crippen LogP contribution < -0.4 is 10.5 Å². The van der Waals surface area contributed by atoms with Gasteiger partial charge in [-0.2, -0.15) is 10.4 Å². The summed E-state index contributed by atoms with van der Waals surface area (Å²) in [5, 5.41) is 12.9. The summed E-state index contributed by atoms with van der Waals surface area (Å²) >= 11 is 0. The van der Waals surface area contributed by atoms with Crippen LogP contribution in [0.2, 0.25) is 0 Å². The van der Waals surface area contributed by atoms with E-state index in [1.165, 1.54) is 18.2 Å². The van der Waals surface area contributed by atoms with Crippen LogP contribution in [0.4, 0.5) is 5.69 Å². The summed E-state index contributed by atoms with van der Waals surface area (Å²) in [5.74, 6) is 0. The van der Waals surface area contributed by atoms with Gasteiger partial charge in [-0.1, -0.05) is 0 Å². The monoisotopic (exact) mass is 291 g/mol. The number of nitrogens with two attached hydrogens (primary N) is 1. The predicted molar refractivity (Wildman–Crippen MR) is 72.8 cm³/mol. The van der Waals surface area contributed by atoms with Crippen LogP contribution in [0.25, 0.3) is 0 Å². The van der Waals surface area contributed by atoms with Gasteiger partial charge >= 0.3 is 0 Å². The number of anilines is 1. The average Bonchev–Trinajstić information content (AvgIpc) is 2.82. The van der Waals surface area contributed by atoms with Crippen LogP contribution in [0, 0.1) is 11.3 Å². The average molecular weight is 291 g/mol. The molecular formula is C12H13N5O2S. The fourth-order valence-electron chi connectivity index (χ4n) is 1.69. The number of hydrogen-bond acceptors (Lipinski definition) is 5. The Hall–Kier alpha value is -2.37. The molecule has 0 unspecified atom stereocenters. The fourth-order valence-corrected chi connectivity index (χ4v) is 2.84. The first-order valence-corrected chi connectivity index (χ1v) is 7.17. The normalized spacial score (nSPS) is 11.2. The van der Waals surface area contributed by atoms with Gasteiger partial charge in [0.2, 0.25) is 10.0 Å². The number of sulfonamides is 1. The van der Waals surface area contributed by atoms with Crippen molar-refractivity contribution in [1.29, 1.82) is 5.26 Å². The molecule has 104 valence electrons. The van der Waals surface area contributed by atoms with Crippen molar-refractivity contribution < 1.29 is 8.42 Å². The van der Waals surface area contributed by atoms with E-state index in [1.807, 2.05) is 6.07 Å². The van der Waals surface area contributed by atoms with E-state index in [4.69, 9.17) is 11.0 Å². The number of nitriles is 1. The van der Waals surface area contributed by atoms with Crippen LogP contribution in [-0.4, -0.2) is 18.2 Å². The second kappa shape index (κ2) is 5.32. The maximum Gasteiger partial charge on any atom is 0.242 e. The maximum absolute atomic E-state index is 12.2. The number of rotatable bonds is 4. The molecule has 0 aliphatic heterocycles. The summed E-state index contributed by atoms with van der Waals surface area (Å²) in [4.78, 5) is -0.0851. The van der Waals surface area contributed by atoms with Crippen LogP contribution in [-0.2, 0) is 23.6 Å².